The molecule has 0 saturated carbocycles. The summed E-state index contributed by atoms with van der Waals surface area (Å²) in [7, 11) is 4.04. The fourth-order valence-electron chi connectivity index (χ4n) is 2.91. The van der Waals surface area contributed by atoms with E-state index in [-0.39, 0.29) is 0 Å². The molecule has 0 bridgehead atoms. The van der Waals surface area contributed by atoms with Gasteiger partial charge in [-0.15, -0.1) is 0 Å². The highest BCUT2D eigenvalue weighted by Crippen LogP contribution is 2.27. The van der Waals surface area contributed by atoms with Crippen molar-refractivity contribution in [1.29, 1.82) is 0 Å². The second-order valence-corrected chi connectivity index (χ2v) is 7.64. The topological polar surface area (TPSA) is 41.4 Å². The number of hydrogen-bond acceptors (Lipinski definition) is 4. The smallest absolute Gasteiger partial charge is 0.0916 e. The van der Waals surface area contributed by atoms with Crippen LogP contribution in [0.2, 0.25) is 0 Å². The zero-order valence-corrected chi connectivity index (χ0v) is 17.0. The van der Waals surface area contributed by atoms with Gasteiger partial charge >= 0.3 is 0 Å². The molecule has 0 N–H and O–H groups in total. The van der Waals surface area contributed by atoms with Gasteiger partial charge in [0.25, 0.3) is 0 Å². The molecule has 0 spiro atoms. The van der Waals surface area contributed by atoms with Crippen molar-refractivity contribution in [3.63, 3.8) is 0 Å². The maximum atomic E-state index is 4.82. The molecule has 0 amide bonds. The first-order valence-electron chi connectivity index (χ1n) is 8.69. The molecular formula is C22H19BrN4. The van der Waals surface area contributed by atoms with Crippen LogP contribution in [0.5, 0.6) is 0 Å². The molecule has 27 heavy (non-hydrogen) atoms. The van der Waals surface area contributed by atoms with E-state index >= 15 is 0 Å². The largest absolute Gasteiger partial charge is 0.378 e. The minimum atomic E-state index is 0.854. The van der Waals surface area contributed by atoms with E-state index in [4.69, 9.17) is 9.97 Å². The van der Waals surface area contributed by atoms with Crippen LogP contribution in [-0.2, 0) is 0 Å². The molecule has 5 heteroatoms. The third-order valence-corrected chi connectivity index (χ3v) is 5.00. The van der Waals surface area contributed by atoms with Crippen molar-refractivity contribution in [3.8, 4) is 0 Å². The second kappa shape index (κ2) is 7.08. The van der Waals surface area contributed by atoms with Crippen molar-refractivity contribution in [1.82, 2.24) is 9.97 Å². The van der Waals surface area contributed by atoms with Crippen LogP contribution in [0, 0.1) is 6.92 Å². The number of fused-ring (bicyclic) bond motifs is 2. The highest BCUT2D eigenvalue weighted by atomic mass is 79.9. The number of anilines is 1. The quantitative estimate of drug-likeness (QED) is 0.317. The van der Waals surface area contributed by atoms with Crippen LogP contribution >= 0.6 is 15.9 Å². The van der Waals surface area contributed by atoms with Gasteiger partial charge in [0.15, 0.2) is 0 Å². The molecule has 0 aliphatic rings. The molecule has 4 aromatic rings. The number of benzene rings is 3. The summed E-state index contributed by atoms with van der Waals surface area (Å²) in [6.07, 6.45) is 1.87. The SMILES string of the molecule is Cc1cc2nc3ccc(N(C)C)cc3nc2cc1N=Cc1ccc(Br)cc1. The summed E-state index contributed by atoms with van der Waals surface area (Å²) in [5.41, 5.74) is 7.68. The Hall–Kier alpha value is -2.79. The van der Waals surface area contributed by atoms with Gasteiger partial charge in [-0.25, -0.2) is 9.97 Å². The van der Waals surface area contributed by atoms with Gasteiger partial charge in [0, 0.05) is 30.5 Å². The summed E-state index contributed by atoms with van der Waals surface area (Å²) in [6.45, 7) is 2.05. The van der Waals surface area contributed by atoms with Gasteiger partial charge in [0.2, 0.25) is 0 Å². The Bertz CT molecular complexity index is 1160. The monoisotopic (exact) mass is 418 g/mol. The normalized spacial score (nSPS) is 11.6. The summed E-state index contributed by atoms with van der Waals surface area (Å²) < 4.78 is 1.06. The van der Waals surface area contributed by atoms with Crippen molar-refractivity contribution < 1.29 is 0 Å². The average Bonchev–Trinajstić information content (AvgIpc) is 2.65. The van der Waals surface area contributed by atoms with Gasteiger partial charge in [-0.2, -0.15) is 0 Å². The van der Waals surface area contributed by atoms with Crippen molar-refractivity contribution in [2.24, 2.45) is 4.99 Å². The van der Waals surface area contributed by atoms with Gasteiger partial charge in [-0.05, 0) is 60.5 Å². The molecule has 0 saturated heterocycles. The van der Waals surface area contributed by atoms with E-state index in [2.05, 4.69) is 50.9 Å². The van der Waals surface area contributed by atoms with E-state index in [0.29, 0.717) is 0 Å². The molecule has 0 aliphatic heterocycles. The Balaban J connectivity index is 1.78. The van der Waals surface area contributed by atoms with Crippen LogP contribution in [0.25, 0.3) is 22.1 Å². The highest BCUT2D eigenvalue weighted by Gasteiger charge is 2.07. The van der Waals surface area contributed by atoms with Gasteiger partial charge in [-0.3, -0.25) is 4.99 Å². The van der Waals surface area contributed by atoms with Crippen molar-refractivity contribution >= 4 is 55.6 Å². The van der Waals surface area contributed by atoms with Gasteiger partial charge in [-0.1, -0.05) is 28.1 Å². The fraction of sp³-hybridized carbons (Fsp3) is 0.136. The Morgan fingerprint density at radius 3 is 2.26 bits per heavy atom. The number of aliphatic imine (C=N–C) groups is 1. The summed E-state index contributed by atoms with van der Waals surface area (Å²) >= 11 is 3.45. The first-order chi connectivity index (χ1) is 13.0. The maximum Gasteiger partial charge on any atom is 0.0916 e. The fourth-order valence-corrected chi connectivity index (χ4v) is 3.18. The third kappa shape index (κ3) is 3.69. The Labute approximate surface area is 166 Å². The van der Waals surface area contributed by atoms with E-state index < -0.39 is 0 Å². The molecule has 4 nitrogen and oxygen atoms in total. The van der Waals surface area contributed by atoms with Crippen LogP contribution in [0.1, 0.15) is 11.1 Å². The first kappa shape index (κ1) is 17.6. The number of nitrogens with zero attached hydrogens (tertiary/aromatic N) is 4. The first-order valence-corrected chi connectivity index (χ1v) is 9.48. The molecule has 0 aliphatic carbocycles. The van der Waals surface area contributed by atoms with Crippen molar-refractivity contribution in [2.45, 2.75) is 6.92 Å². The van der Waals surface area contributed by atoms with E-state index in [1.807, 2.05) is 56.7 Å². The summed E-state index contributed by atoms with van der Waals surface area (Å²) in [5.74, 6) is 0. The Morgan fingerprint density at radius 2 is 1.52 bits per heavy atom. The zero-order chi connectivity index (χ0) is 19.0. The number of aromatic nitrogens is 2. The van der Waals surface area contributed by atoms with Gasteiger partial charge in [0.1, 0.15) is 0 Å². The lowest BCUT2D eigenvalue weighted by atomic mass is 10.1. The summed E-state index contributed by atoms with van der Waals surface area (Å²) in [6, 6.07) is 18.3. The summed E-state index contributed by atoms with van der Waals surface area (Å²) in [5, 5.41) is 0. The summed E-state index contributed by atoms with van der Waals surface area (Å²) in [4.78, 5) is 16.3. The zero-order valence-electron chi connectivity index (χ0n) is 15.4. The lowest BCUT2D eigenvalue weighted by Crippen LogP contribution is -2.08. The average molecular weight is 419 g/mol. The third-order valence-electron chi connectivity index (χ3n) is 4.47. The van der Waals surface area contributed by atoms with Crippen molar-refractivity contribution in [2.75, 3.05) is 19.0 Å². The maximum absolute atomic E-state index is 4.82. The van der Waals surface area contributed by atoms with E-state index in [1.54, 1.807) is 0 Å². The Morgan fingerprint density at radius 1 is 0.852 bits per heavy atom. The predicted molar refractivity (Wildman–Crippen MR) is 118 cm³/mol. The van der Waals surface area contributed by atoms with Gasteiger partial charge < -0.3 is 4.90 Å². The molecular weight excluding hydrogens is 400 g/mol. The minimum Gasteiger partial charge on any atom is -0.378 e. The number of hydrogen-bond donors (Lipinski definition) is 0. The lowest BCUT2D eigenvalue weighted by molar-refractivity contribution is 1.13. The number of halogens is 1. The van der Waals surface area contributed by atoms with Gasteiger partial charge in [0.05, 0.1) is 27.8 Å². The molecule has 0 radical (unpaired) electrons. The molecule has 4 rings (SSSR count). The Kier molecular flexibility index (Phi) is 4.62. The van der Waals surface area contributed by atoms with E-state index in [0.717, 1.165) is 49.0 Å². The van der Waals surface area contributed by atoms with Crippen LogP contribution in [0.4, 0.5) is 11.4 Å². The van der Waals surface area contributed by atoms with Crippen LogP contribution in [-0.4, -0.2) is 30.3 Å². The number of aryl methyl sites for hydroxylation is 1. The van der Waals surface area contributed by atoms with Crippen LogP contribution in [0.15, 0.2) is 64.1 Å². The standard InChI is InChI=1S/C22H19BrN4/c1-14-10-20-22(12-19(14)24-13-15-4-6-16(23)7-5-15)26-21-11-17(27(2)3)8-9-18(21)25-20/h4-13H,1-3H3. The molecule has 1 aromatic heterocycles. The van der Waals surface area contributed by atoms with Crippen LogP contribution in [0.3, 0.4) is 0 Å². The van der Waals surface area contributed by atoms with E-state index in [9.17, 15) is 0 Å². The molecule has 0 atom stereocenters. The number of rotatable bonds is 3. The highest BCUT2D eigenvalue weighted by molar-refractivity contribution is 9.10. The predicted octanol–water partition coefficient (Wildman–Crippen LogP) is 5.67. The van der Waals surface area contributed by atoms with E-state index in [1.165, 1.54) is 0 Å². The minimum absolute atomic E-state index is 0.854. The van der Waals surface area contributed by atoms with Crippen LogP contribution < -0.4 is 4.90 Å². The second-order valence-electron chi connectivity index (χ2n) is 6.73. The lowest BCUT2D eigenvalue weighted by Gasteiger charge is -2.13. The molecule has 1 heterocycles. The molecule has 0 unspecified atom stereocenters. The molecule has 134 valence electrons. The molecule has 3 aromatic carbocycles. The van der Waals surface area contributed by atoms with Crippen molar-refractivity contribution in [3.05, 3.63) is 70.2 Å². The molecule has 0 fully saturated rings.